The standard InChI is InChI=1S/C18H25N5O2/c1-12-8-16(9-13(2)25-12)21-14(3)18(24)22-15-4-6-17(7-5-15)23-11-19-10-20-23/h4-7,10-14,16,21H,8-9H2,1-3H3,(H,22,24)/t12-,13+,14-,16?/m1/s1. The Morgan fingerprint density at radius 3 is 2.52 bits per heavy atom. The van der Waals surface area contributed by atoms with E-state index in [1.807, 2.05) is 31.2 Å². The van der Waals surface area contributed by atoms with Gasteiger partial charge < -0.3 is 15.4 Å². The van der Waals surface area contributed by atoms with Gasteiger partial charge in [-0.15, -0.1) is 0 Å². The molecule has 134 valence electrons. The summed E-state index contributed by atoms with van der Waals surface area (Å²) in [6.07, 6.45) is 5.42. The molecule has 1 aliphatic rings. The van der Waals surface area contributed by atoms with Crippen LogP contribution in [0.5, 0.6) is 0 Å². The number of rotatable bonds is 5. The highest BCUT2D eigenvalue weighted by atomic mass is 16.5. The number of carbonyl (C=O) groups excluding carboxylic acids is 1. The fourth-order valence-corrected chi connectivity index (χ4v) is 3.26. The van der Waals surface area contributed by atoms with Crippen LogP contribution in [0.4, 0.5) is 5.69 Å². The third kappa shape index (κ3) is 4.64. The van der Waals surface area contributed by atoms with Gasteiger partial charge >= 0.3 is 0 Å². The highest BCUT2D eigenvalue weighted by molar-refractivity contribution is 5.94. The predicted molar refractivity (Wildman–Crippen MR) is 95.6 cm³/mol. The molecule has 1 amide bonds. The van der Waals surface area contributed by atoms with Gasteiger partial charge in [-0.05, 0) is 57.9 Å². The highest BCUT2D eigenvalue weighted by Gasteiger charge is 2.26. The minimum atomic E-state index is -0.266. The minimum absolute atomic E-state index is 0.0414. The van der Waals surface area contributed by atoms with E-state index in [0.717, 1.165) is 24.2 Å². The molecule has 1 saturated heterocycles. The van der Waals surface area contributed by atoms with Crippen molar-refractivity contribution in [1.82, 2.24) is 20.1 Å². The second-order valence-electron chi connectivity index (χ2n) is 6.69. The molecule has 7 heteroatoms. The third-order valence-electron chi connectivity index (χ3n) is 4.39. The molecule has 1 aromatic heterocycles. The van der Waals surface area contributed by atoms with Crippen LogP contribution in [0.2, 0.25) is 0 Å². The molecule has 25 heavy (non-hydrogen) atoms. The quantitative estimate of drug-likeness (QED) is 0.869. The summed E-state index contributed by atoms with van der Waals surface area (Å²) in [6.45, 7) is 6.04. The van der Waals surface area contributed by atoms with E-state index >= 15 is 0 Å². The molecule has 3 rings (SSSR count). The molecular formula is C18H25N5O2. The van der Waals surface area contributed by atoms with Crippen LogP contribution in [0, 0.1) is 0 Å². The normalized spacial score (nSPS) is 24.7. The molecule has 0 spiro atoms. The Balaban J connectivity index is 1.54. The first kappa shape index (κ1) is 17.6. The maximum atomic E-state index is 12.4. The lowest BCUT2D eigenvalue weighted by molar-refractivity contribution is -0.118. The van der Waals surface area contributed by atoms with Crippen molar-refractivity contribution >= 4 is 11.6 Å². The maximum absolute atomic E-state index is 12.4. The van der Waals surface area contributed by atoms with Gasteiger partial charge in [-0.3, -0.25) is 4.79 Å². The summed E-state index contributed by atoms with van der Waals surface area (Å²) in [4.78, 5) is 16.4. The molecule has 4 atom stereocenters. The van der Waals surface area contributed by atoms with Crippen molar-refractivity contribution in [2.45, 2.75) is 57.9 Å². The van der Waals surface area contributed by atoms with Crippen LogP contribution in [0.25, 0.3) is 5.69 Å². The molecule has 0 aliphatic carbocycles. The predicted octanol–water partition coefficient (Wildman–Crippen LogP) is 2.14. The Labute approximate surface area is 147 Å². The van der Waals surface area contributed by atoms with Crippen LogP contribution >= 0.6 is 0 Å². The Morgan fingerprint density at radius 1 is 1.24 bits per heavy atom. The first-order valence-electron chi connectivity index (χ1n) is 8.68. The zero-order valence-corrected chi connectivity index (χ0v) is 14.8. The number of nitrogens with zero attached hydrogens (tertiary/aromatic N) is 3. The Bertz CT molecular complexity index is 676. The molecule has 1 unspecified atom stereocenters. The van der Waals surface area contributed by atoms with Gasteiger partial charge in [0.15, 0.2) is 0 Å². The van der Waals surface area contributed by atoms with Crippen molar-refractivity contribution < 1.29 is 9.53 Å². The first-order valence-corrected chi connectivity index (χ1v) is 8.68. The Hall–Kier alpha value is -2.25. The van der Waals surface area contributed by atoms with Crippen molar-refractivity contribution in [3.05, 3.63) is 36.9 Å². The van der Waals surface area contributed by atoms with Crippen LogP contribution in [-0.2, 0) is 9.53 Å². The Morgan fingerprint density at radius 2 is 1.92 bits per heavy atom. The summed E-state index contributed by atoms with van der Waals surface area (Å²) >= 11 is 0. The Kier molecular flexibility index (Phi) is 5.45. The van der Waals surface area contributed by atoms with Crippen LogP contribution in [0.3, 0.4) is 0 Å². The van der Waals surface area contributed by atoms with Crippen molar-refractivity contribution in [2.24, 2.45) is 0 Å². The maximum Gasteiger partial charge on any atom is 0.241 e. The molecule has 2 N–H and O–H groups in total. The zero-order chi connectivity index (χ0) is 17.8. The number of nitrogens with one attached hydrogen (secondary N) is 2. The second kappa shape index (κ2) is 7.76. The number of aromatic nitrogens is 3. The van der Waals surface area contributed by atoms with E-state index in [-0.39, 0.29) is 24.2 Å². The number of amides is 1. The van der Waals surface area contributed by atoms with Gasteiger partial charge in [0.1, 0.15) is 12.7 Å². The smallest absolute Gasteiger partial charge is 0.241 e. The third-order valence-corrected chi connectivity index (χ3v) is 4.39. The number of carbonyl (C=O) groups is 1. The average Bonchev–Trinajstić information content (AvgIpc) is 3.09. The minimum Gasteiger partial charge on any atom is -0.375 e. The van der Waals surface area contributed by atoms with Gasteiger partial charge in [-0.1, -0.05) is 0 Å². The molecular weight excluding hydrogens is 318 g/mol. The molecule has 7 nitrogen and oxygen atoms in total. The summed E-state index contributed by atoms with van der Waals surface area (Å²) in [5, 5.41) is 10.4. The number of hydrogen-bond acceptors (Lipinski definition) is 5. The van der Waals surface area contributed by atoms with Crippen molar-refractivity contribution in [3.8, 4) is 5.69 Å². The van der Waals surface area contributed by atoms with Gasteiger partial charge in [-0.2, -0.15) is 5.10 Å². The van der Waals surface area contributed by atoms with Gasteiger partial charge in [0.2, 0.25) is 5.91 Å². The van der Waals surface area contributed by atoms with E-state index in [1.165, 1.54) is 6.33 Å². The van der Waals surface area contributed by atoms with Crippen LogP contribution in [0.15, 0.2) is 36.9 Å². The fourth-order valence-electron chi connectivity index (χ4n) is 3.26. The van der Waals surface area contributed by atoms with E-state index < -0.39 is 0 Å². The van der Waals surface area contributed by atoms with Crippen LogP contribution in [0.1, 0.15) is 33.6 Å². The molecule has 1 aliphatic heterocycles. The first-order chi connectivity index (χ1) is 12.0. The molecule has 2 aromatic rings. The molecule has 0 bridgehead atoms. The summed E-state index contributed by atoms with van der Waals surface area (Å²) in [6, 6.07) is 7.54. The molecule has 1 aromatic carbocycles. The van der Waals surface area contributed by atoms with Gasteiger partial charge in [0.25, 0.3) is 0 Å². The lowest BCUT2D eigenvalue weighted by atomic mass is 9.99. The van der Waals surface area contributed by atoms with E-state index in [4.69, 9.17) is 4.74 Å². The lowest BCUT2D eigenvalue weighted by Gasteiger charge is -2.34. The van der Waals surface area contributed by atoms with Crippen LogP contribution in [-0.4, -0.2) is 45.0 Å². The van der Waals surface area contributed by atoms with Gasteiger partial charge in [0.05, 0.1) is 23.9 Å². The van der Waals surface area contributed by atoms with Crippen LogP contribution < -0.4 is 10.6 Å². The molecule has 0 saturated carbocycles. The van der Waals surface area contributed by atoms with E-state index in [2.05, 4.69) is 34.6 Å². The number of hydrogen-bond donors (Lipinski definition) is 2. The summed E-state index contributed by atoms with van der Waals surface area (Å²) < 4.78 is 7.41. The summed E-state index contributed by atoms with van der Waals surface area (Å²) in [5.41, 5.74) is 1.66. The fraction of sp³-hybridized carbons (Fsp3) is 0.500. The SMILES string of the molecule is C[C@@H]1CC(N[C@H](C)C(=O)Nc2ccc(-n3cncn3)cc2)C[C@H](C)O1. The van der Waals surface area contributed by atoms with Gasteiger partial charge in [0, 0.05) is 11.7 Å². The lowest BCUT2D eigenvalue weighted by Crippen LogP contribution is -2.48. The summed E-state index contributed by atoms with van der Waals surface area (Å²) in [7, 11) is 0. The van der Waals surface area contributed by atoms with E-state index in [0.29, 0.717) is 6.04 Å². The monoisotopic (exact) mass is 343 g/mol. The highest BCUT2D eigenvalue weighted by Crippen LogP contribution is 2.19. The summed E-state index contributed by atoms with van der Waals surface area (Å²) in [5.74, 6) is -0.0414. The largest absolute Gasteiger partial charge is 0.375 e. The van der Waals surface area contributed by atoms with Crippen molar-refractivity contribution in [2.75, 3.05) is 5.32 Å². The van der Waals surface area contributed by atoms with E-state index in [9.17, 15) is 4.79 Å². The number of anilines is 1. The van der Waals surface area contributed by atoms with Crippen molar-refractivity contribution in [1.29, 1.82) is 0 Å². The molecule has 0 radical (unpaired) electrons. The van der Waals surface area contributed by atoms with Gasteiger partial charge in [-0.25, -0.2) is 9.67 Å². The number of benzene rings is 1. The molecule has 2 heterocycles. The topological polar surface area (TPSA) is 81.1 Å². The van der Waals surface area contributed by atoms with E-state index in [1.54, 1.807) is 11.0 Å². The molecule has 1 fully saturated rings. The van der Waals surface area contributed by atoms with Crippen molar-refractivity contribution in [3.63, 3.8) is 0 Å². The zero-order valence-electron chi connectivity index (χ0n) is 14.8. The average molecular weight is 343 g/mol. The number of ether oxygens (including phenoxy) is 1. The second-order valence-corrected chi connectivity index (χ2v) is 6.69.